The number of ketones is 1. The van der Waals surface area contributed by atoms with Crippen LogP contribution in [0.1, 0.15) is 34.3 Å². The maximum absolute atomic E-state index is 12.9. The monoisotopic (exact) mass is 405 g/mol. The zero-order chi connectivity index (χ0) is 19.7. The summed E-state index contributed by atoms with van der Waals surface area (Å²) in [6.45, 7) is 2.09. The van der Waals surface area contributed by atoms with Crippen molar-refractivity contribution in [3.05, 3.63) is 59.2 Å². The highest BCUT2D eigenvalue weighted by Gasteiger charge is 2.32. The van der Waals surface area contributed by atoms with Crippen LogP contribution in [-0.2, 0) is 12.7 Å². The fourth-order valence-corrected chi connectivity index (χ4v) is 4.20. The van der Waals surface area contributed by atoms with E-state index in [1.54, 1.807) is 0 Å². The molecule has 146 valence electrons. The van der Waals surface area contributed by atoms with Crippen LogP contribution in [0.2, 0.25) is 0 Å². The number of aromatic nitrogens is 2. The van der Waals surface area contributed by atoms with Gasteiger partial charge in [-0.1, -0.05) is 18.2 Å². The number of hydrogen-bond acceptors (Lipinski definition) is 5. The second-order valence-corrected chi connectivity index (χ2v) is 7.63. The Morgan fingerprint density at radius 2 is 1.96 bits per heavy atom. The van der Waals surface area contributed by atoms with Crippen LogP contribution in [0.15, 0.2) is 42.5 Å². The first-order chi connectivity index (χ1) is 13.4. The molecule has 1 unspecified atom stereocenters. The number of Topliss-reactive ketones (excluding diaryl/α,β-unsaturated/α-hetero) is 1. The smallest absolute Gasteiger partial charge is 0.298 e. The lowest BCUT2D eigenvalue weighted by Crippen LogP contribution is -2.38. The van der Waals surface area contributed by atoms with Gasteiger partial charge in [-0.25, -0.2) is 0 Å². The molecule has 2 aromatic carbocycles. The van der Waals surface area contributed by atoms with Crippen LogP contribution in [0.3, 0.4) is 0 Å². The second kappa shape index (κ2) is 7.60. The van der Waals surface area contributed by atoms with E-state index in [9.17, 15) is 18.0 Å². The van der Waals surface area contributed by atoms with E-state index in [1.807, 2.05) is 18.2 Å². The summed E-state index contributed by atoms with van der Waals surface area (Å²) in [5.74, 6) is -0.503. The first-order valence-corrected chi connectivity index (χ1v) is 9.78. The van der Waals surface area contributed by atoms with Crippen molar-refractivity contribution < 1.29 is 18.0 Å². The molecule has 1 saturated heterocycles. The van der Waals surface area contributed by atoms with Crippen molar-refractivity contribution in [2.24, 2.45) is 5.92 Å². The summed E-state index contributed by atoms with van der Waals surface area (Å²) in [7, 11) is 0. The Kier molecular flexibility index (Phi) is 5.16. The Morgan fingerprint density at radius 1 is 1.14 bits per heavy atom. The molecule has 0 amide bonds. The highest BCUT2D eigenvalue weighted by molar-refractivity contribution is 7.00. The van der Waals surface area contributed by atoms with Crippen LogP contribution >= 0.6 is 11.7 Å². The molecular weight excluding hydrogens is 387 g/mol. The van der Waals surface area contributed by atoms with Gasteiger partial charge < -0.3 is 0 Å². The average Bonchev–Trinajstić information content (AvgIpc) is 3.15. The molecule has 0 aliphatic carbocycles. The van der Waals surface area contributed by atoms with Crippen LogP contribution in [-0.4, -0.2) is 32.5 Å². The molecule has 2 heterocycles. The number of alkyl halides is 3. The average molecular weight is 405 g/mol. The number of carbonyl (C=O) groups is 1. The lowest BCUT2D eigenvalue weighted by Gasteiger charge is -2.32. The van der Waals surface area contributed by atoms with Gasteiger partial charge in [0.25, 0.3) is 0 Å². The fourth-order valence-electron chi connectivity index (χ4n) is 3.68. The molecule has 0 bridgehead atoms. The predicted octanol–water partition coefficient (Wildman–Crippen LogP) is 4.81. The molecule has 1 aliphatic rings. The van der Waals surface area contributed by atoms with Crippen molar-refractivity contribution in [2.45, 2.75) is 25.6 Å². The van der Waals surface area contributed by atoms with Crippen molar-refractivity contribution in [3.63, 3.8) is 0 Å². The number of nitrogens with zero attached hydrogens (tertiary/aromatic N) is 3. The summed E-state index contributed by atoms with van der Waals surface area (Å²) in [5.41, 5.74) is 2.17. The summed E-state index contributed by atoms with van der Waals surface area (Å²) < 4.78 is 47.3. The Balaban J connectivity index is 1.46. The number of hydrogen-bond donors (Lipinski definition) is 0. The maximum atomic E-state index is 12.9. The highest BCUT2D eigenvalue weighted by Crippen LogP contribution is 2.31. The SMILES string of the molecule is O=C(c1cccc(C(F)(F)F)c1)C1CCCN(Cc2ccc3nsnc3c2)C1. The van der Waals surface area contributed by atoms with Crippen LogP contribution in [0.4, 0.5) is 13.2 Å². The van der Waals surface area contributed by atoms with Gasteiger partial charge >= 0.3 is 6.18 Å². The van der Waals surface area contributed by atoms with Gasteiger partial charge in [0.05, 0.1) is 17.3 Å². The number of carbonyl (C=O) groups excluding carboxylic acids is 1. The largest absolute Gasteiger partial charge is 0.416 e. The van der Waals surface area contributed by atoms with Gasteiger partial charge in [0.15, 0.2) is 5.78 Å². The molecule has 1 fully saturated rings. The third-order valence-corrected chi connectivity index (χ3v) is 5.63. The zero-order valence-electron chi connectivity index (χ0n) is 14.9. The topological polar surface area (TPSA) is 46.1 Å². The first-order valence-electron chi connectivity index (χ1n) is 9.05. The van der Waals surface area contributed by atoms with Crippen LogP contribution in [0.25, 0.3) is 11.0 Å². The van der Waals surface area contributed by atoms with E-state index in [0.717, 1.165) is 41.7 Å². The minimum Gasteiger partial charge on any atom is -0.298 e. The lowest BCUT2D eigenvalue weighted by molar-refractivity contribution is -0.137. The van der Waals surface area contributed by atoms with E-state index in [0.29, 0.717) is 19.5 Å². The number of piperidine rings is 1. The van der Waals surface area contributed by atoms with Crippen molar-refractivity contribution in [1.82, 2.24) is 13.6 Å². The number of halogens is 3. The van der Waals surface area contributed by atoms with E-state index in [2.05, 4.69) is 13.6 Å². The summed E-state index contributed by atoms with van der Waals surface area (Å²) >= 11 is 1.17. The van der Waals surface area contributed by atoms with Crippen molar-refractivity contribution in [2.75, 3.05) is 13.1 Å². The molecule has 0 spiro atoms. The Labute approximate surface area is 164 Å². The number of likely N-dealkylation sites (tertiary alicyclic amines) is 1. The van der Waals surface area contributed by atoms with Crippen LogP contribution < -0.4 is 0 Å². The zero-order valence-corrected chi connectivity index (χ0v) is 15.8. The summed E-state index contributed by atoms with van der Waals surface area (Å²) in [5, 5.41) is 0. The van der Waals surface area contributed by atoms with E-state index in [1.165, 1.54) is 23.9 Å². The van der Waals surface area contributed by atoms with Gasteiger partial charge in [0.1, 0.15) is 11.0 Å². The lowest BCUT2D eigenvalue weighted by atomic mass is 9.89. The molecule has 4 nitrogen and oxygen atoms in total. The second-order valence-electron chi connectivity index (χ2n) is 7.10. The van der Waals surface area contributed by atoms with Gasteiger partial charge in [-0.15, -0.1) is 0 Å². The minimum atomic E-state index is -4.45. The van der Waals surface area contributed by atoms with E-state index < -0.39 is 11.7 Å². The number of benzene rings is 2. The highest BCUT2D eigenvalue weighted by atomic mass is 32.1. The van der Waals surface area contributed by atoms with Gasteiger partial charge in [-0.3, -0.25) is 9.69 Å². The third kappa shape index (κ3) is 4.07. The number of rotatable bonds is 4. The van der Waals surface area contributed by atoms with E-state index in [-0.39, 0.29) is 17.3 Å². The third-order valence-electron chi connectivity index (χ3n) is 5.08. The van der Waals surface area contributed by atoms with Crippen LogP contribution in [0, 0.1) is 5.92 Å². The molecule has 1 aliphatic heterocycles. The van der Waals surface area contributed by atoms with Gasteiger partial charge in [0.2, 0.25) is 0 Å². The maximum Gasteiger partial charge on any atom is 0.416 e. The Morgan fingerprint density at radius 3 is 2.79 bits per heavy atom. The molecule has 0 radical (unpaired) electrons. The molecule has 0 saturated carbocycles. The van der Waals surface area contributed by atoms with Gasteiger partial charge in [-0.2, -0.15) is 21.9 Å². The van der Waals surface area contributed by atoms with E-state index in [4.69, 9.17) is 0 Å². The quantitative estimate of drug-likeness (QED) is 0.585. The summed E-state index contributed by atoms with van der Waals surface area (Å²) in [4.78, 5) is 15.0. The summed E-state index contributed by atoms with van der Waals surface area (Å²) in [6, 6.07) is 10.7. The molecule has 3 aromatic rings. The van der Waals surface area contributed by atoms with Crippen LogP contribution in [0.5, 0.6) is 0 Å². The van der Waals surface area contributed by atoms with Gasteiger partial charge in [0, 0.05) is 24.6 Å². The molecule has 4 rings (SSSR count). The Bertz CT molecular complexity index is 1000. The van der Waals surface area contributed by atoms with E-state index >= 15 is 0 Å². The standard InChI is InChI=1S/C20H18F3N3OS/c21-20(22,23)16-5-1-3-14(10-16)19(27)15-4-2-8-26(12-15)11-13-6-7-17-18(9-13)25-28-24-17/h1,3,5-7,9-10,15H,2,4,8,11-12H2. The fraction of sp³-hybridized carbons (Fsp3) is 0.350. The number of fused-ring (bicyclic) bond motifs is 1. The minimum absolute atomic E-state index is 0.136. The Hall–Kier alpha value is -2.32. The normalized spacial score (nSPS) is 18.5. The molecule has 8 heteroatoms. The van der Waals surface area contributed by atoms with Crippen molar-refractivity contribution >= 4 is 28.5 Å². The predicted molar refractivity (Wildman–Crippen MR) is 101 cm³/mol. The summed E-state index contributed by atoms with van der Waals surface area (Å²) in [6.07, 6.45) is -2.91. The molecule has 28 heavy (non-hydrogen) atoms. The van der Waals surface area contributed by atoms with Crippen molar-refractivity contribution in [3.8, 4) is 0 Å². The molecule has 0 N–H and O–H groups in total. The van der Waals surface area contributed by atoms with Crippen molar-refractivity contribution in [1.29, 1.82) is 0 Å². The molecular formula is C20H18F3N3OS. The molecule has 1 aromatic heterocycles. The first kappa shape index (κ1) is 19.0. The molecule has 1 atom stereocenters. The van der Waals surface area contributed by atoms with Gasteiger partial charge in [-0.05, 0) is 49.2 Å².